The molecule has 0 aliphatic carbocycles. The molecule has 0 spiro atoms. The van der Waals surface area contributed by atoms with Crippen LogP contribution in [-0.4, -0.2) is 43.1 Å². The van der Waals surface area contributed by atoms with Gasteiger partial charge in [0.1, 0.15) is 6.54 Å². The monoisotopic (exact) mass is 434 g/mol. The highest BCUT2D eigenvalue weighted by molar-refractivity contribution is 8.01. The van der Waals surface area contributed by atoms with Gasteiger partial charge >= 0.3 is 0 Å². The van der Waals surface area contributed by atoms with Crippen LogP contribution in [0, 0.1) is 6.92 Å². The quantitative estimate of drug-likeness (QED) is 0.505. The Balaban J connectivity index is 2.15. The van der Waals surface area contributed by atoms with Gasteiger partial charge in [-0.1, -0.05) is 47.7 Å². The Labute approximate surface area is 166 Å². The molecule has 0 saturated heterocycles. The molecule has 1 aromatic carbocycles. The minimum atomic E-state index is -3.67. The maximum atomic E-state index is 12.3. The first kappa shape index (κ1) is 20.9. The molecule has 0 fully saturated rings. The summed E-state index contributed by atoms with van der Waals surface area (Å²) in [6.45, 7) is 3.39. The molecule has 0 aliphatic rings. The number of nitrogens with one attached hydrogen (secondary N) is 1. The van der Waals surface area contributed by atoms with Gasteiger partial charge in [0.2, 0.25) is 21.1 Å². The van der Waals surface area contributed by atoms with Crippen LogP contribution in [0.25, 0.3) is 0 Å². The van der Waals surface area contributed by atoms with Crippen molar-refractivity contribution in [1.29, 1.82) is 0 Å². The van der Waals surface area contributed by atoms with Crippen molar-refractivity contribution in [2.75, 3.05) is 28.2 Å². The number of halogens is 1. The number of sulfonamides is 1. The molecule has 1 N–H and O–H groups in total. The minimum absolute atomic E-state index is 0.338. The van der Waals surface area contributed by atoms with E-state index >= 15 is 0 Å². The molecule has 142 valence electrons. The van der Waals surface area contributed by atoms with Crippen molar-refractivity contribution in [3.05, 3.63) is 28.8 Å². The number of benzene rings is 1. The highest BCUT2D eigenvalue weighted by Gasteiger charge is 2.23. The number of hydrogen-bond acceptors (Lipinski definition) is 7. The van der Waals surface area contributed by atoms with E-state index in [0.29, 0.717) is 21.4 Å². The summed E-state index contributed by atoms with van der Waals surface area (Å²) >= 11 is 8.89. The van der Waals surface area contributed by atoms with Crippen LogP contribution in [0.15, 0.2) is 22.5 Å². The number of amides is 1. The lowest BCUT2D eigenvalue weighted by molar-refractivity contribution is -0.114. The summed E-state index contributed by atoms with van der Waals surface area (Å²) in [6, 6.07) is 4.92. The molecule has 0 bridgehead atoms. The molecule has 1 amide bonds. The summed E-state index contributed by atoms with van der Waals surface area (Å²) < 4.78 is 26.1. The van der Waals surface area contributed by atoms with Gasteiger partial charge in [-0.3, -0.25) is 14.4 Å². The second-order valence-electron chi connectivity index (χ2n) is 5.42. The Kier molecular flexibility index (Phi) is 7.27. The zero-order valence-corrected chi connectivity index (χ0v) is 17.7. The van der Waals surface area contributed by atoms with Gasteiger partial charge in [0.25, 0.3) is 0 Å². The van der Waals surface area contributed by atoms with Gasteiger partial charge in [-0.05, 0) is 31.0 Å². The van der Waals surface area contributed by atoms with Gasteiger partial charge in [-0.15, -0.1) is 10.2 Å². The van der Waals surface area contributed by atoms with E-state index in [1.54, 1.807) is 36.9 Å². The number of rotatable bonds is 8. The normalized spacial score (nSPS) is 11.4. The van der Waals surface area contributed by atoms with Crippen LogP contribution in [0.2, 0.25) is 5.02 Å². The molecule has 0 aliphatic heterocycles. The average molecular weight is 435 g/mol. The molecule has 1 aromatic heterocycles. The second-order valence-corrected chi connectivity index (χ2v) is 10.1. The number of carbonyl (C=O) groups excluding carboxylic acids is 1. The van der Waals surface area contributed by atoms with E-state index in [1.807, 2.05) is 0 Å². The molecular formula is C15H19ClN4O3S3. The number of thioether (sulfide) groups is 1. The zero-order chi connectivity index (χ0) is 19.3. The fourth-order valence-corrected chi connectivity index (χ4v) is 4.81. The first-order valence-corrected chi connectivity index (χ1v) is 11.7. The summed E-state index contributed by atoms with van der Waals surface area (Å²) in [4.78, 5) is 12.3. The second kappa shape index (κ2) is 9.03. The Morgan fingerprint density at radius 3 is 2.77 bits per heavy atom. The van der Waals surface area contributed by atoms with Gasteiger partial charge in [0.15, 0.2) is 4.34 Å². The third-order valence-electron chi connectivity index (χ3n) is 3.28. The van der Waals surface area contributed by atoms with Gasteiger partial charge in [-0.25, -0.2) is 8.42 Å². The van der Waals surface area contributed by atoms with Crippen LogP contribution in [0.1, 0.15) is 18.9 Å². The lowest BCUT2D eigenvalue weighted by Crippen LogP contribution is -2.37. The van der Waals surface area contributed by atoms with Gasteiger partial charge < -0.3 is 0 Å². The molecule has 0 saturated carbocycles. The van der Waals surface area contributed by atoms with Gasteiger partial charge in [0, 0.05) is 10.8 Å². The minimum Gasteiger partial charge on any atom is -0.299 e. The summed E-state index contributed by atoms with van der Waals surface area (Å²) in [5, 5.41) is 11.3. The van der Waals surface area contributed by atoms with Crippen LogP contribution in [0.4, 0.5) is 10.8 Å². The van der Waals surface area contributed by atoms with Gasteiger partial charge in [-0.2, -0.15) is 0 Å². The number of aromatic nitrogens is 2. The lowest BCUT2D eigenvalue weighted by atomic mass is 10.2. The predicted octanol–water partition coefficient (Wildman–Crippen LogP) is 3.41. The third-order valence-corrected chi connectivity index (χ3v) is 6.99. The topological polar surface area (TPSA) is 92.3 Å². The Morgan fingerprint density at radius 1 is 1.38 bits per heavy atom. The van der Waals surface area contributed by atoms with Crippen molar-refractivity contribution >= 4 is 61.4 Å². The van der Waals surface area contributed by atoms with E-state index in [9.17, 15) is 13.2 Å². The summed E-state index contributed by atoms with van der Waals surface area (Å²) in [5.41, 5.74) is 0.952. The smallest absolute Gasteiger partial charge is 0.246 e. The maximum Gasteiger partial charge on any atom is 0.246 e. The first-order valence-electron chi connectivity index (χ1n) is 7.71. The molecule has 26 heavy (non-hydrogen) atoms. The fourth-order valence-electron chi connectivity index (χ4n) is 2.04. The molecule has 7 nitrogen and oxygen atoms in total. The van der Waals surface area contributed by atoms with E-state index < -0.39 is 15.9 Å². The lowest BCUT2D eigenvalue weighted by Gasteiger charge is -2.23. The van der Waals surface area contributed by atoms with E-state index in [4.69, 9.17) is 11.6 Å². The average Bonchev–Trinajstić information content (AvgIpc) is 3.00. The SMILES string of the molecule is CCCSc1nnc(NC(=O)CN(c2cccc(Cl)c2C)S(C)(=O)=O)s1. The maximum absolute atomic E-state index is 12.3. The molecule has 2 aromatic rings. The Hall–Kier alpha value is -1.36. The van der Waals surface area contributed by atoms with Crippen LogP contribution in [0.3, 0.4) is 0 Å². The van der Waals surface area contributed by atoms with Crippen molar-refractivity contribution < 1.29 is 13.2 Å². The van der Waals surface area contributed by atoms with Gasteiger partial charge in [0.05, 0.1) is 11.9 Å². The fraction of sp³-hybridized carbons (Fsp3) is 0.400. The number of carbonyl (C=O) groups is 1. The predicted molar refractivity (Wildman–Crippen MR) is 108 cm³/mol. The number of anilines is 2. The van der Waals surface area contributed by atoms with E-state index in [2.05, 4.69) is 22.4 Å². The summed E-state index contributed by atoms with van der Waals surface area (Å²) in [7, 11) is -3.67. The third kappa shape index (κ3) is 5.57. The standard InChI is InChI=1S/C15H19ClN4O3S3/c1-4-8-24-15-19-18-14(25-15)17-13(21)9-20(26(3,22)23)12-7-5-6-11(16)10(12)2/h5-7H,4,8-9H2,1-3H3,(H,17,18,21). The number of hydrogen-bond donors (Lipinski definition) is 1. The van der Waals surface area contributed by atoms with E-state index in [0.717, 1.165) is 27.1 Å². The molecule has 11 heteroatoms. The van der Waals surface area contributed by atoms with Crippen LogP contribution in [0.5, 0.6) is 0 Å². The Bertz CT molecular complexity index is 886. The van der Waals surface area contributed by atoms with Crippen molar-refractivity contribution in [3.8, 4) is 0 Å². The van der Waals surface area contributed by atoms with Crippen molar-refractivity contribution in [2.24, 2.45) is 0 Å². The summed E-state index contributed by atoms with van der Waals surface area (Å²) in [6.07, 6.45) is 2.05. The molecule has 0 unspecified atom stereocenters. The zero-order valence-electron chi connectivity index (χ0n) is 14.5. The van der Waals surface area contributed by atoms with Crippen LogP contribution < -0.4 is 9.62 Å². The Morgan fingerprint density at radius 2 is 2.12 bits per heavy atom. The van der Waals surface area contributed by atoms with Crippen LogP contribution >= 0.6 is 34.7 Å². The molecule has 0 radical (unpaired) electrons. The molecular weight excluding hydrogens is 416 g/mol. The number of nitrogens with zero attached hydrogens (tertiary/aromatic N) is 3. The first-order chi connectivity index (χ1) is 12.2. The van der Waals surface area contributed by atoms with Crippen molar-refractivity contribution in [2.45, 2.75) is 24.6 Å². The van der Waals surface area contributed by atoms with E-state index in [-0.39, 0.29) is 6.54 Å². The summed E-state index contributed by atoms with van der Waals surface area (Å²) in [5.74, 6) is 0.413. The largest absolute Gasteiger partial charge is 0.299 e. The molecule has 1 heterocycles. The van der Waals surface area contributed by atoms with E-state index in [1.165, 1.54) is 11.3 Å². The van der Waals surface area contributed by atoms with Crippen molar-refractivity contribution in [3.63, 3.8) is 0 Å². The highest BCUT2D eigenvalue weighted by Crippen LogP contribution is 2.29. The van der Waals surface area contributed by atoms with Crippen molar-refractivity contribution in [1.82, 2.24) is 10.2 Å². The highest BCUT2D eigenvalue weighted by atomic mass is 35.5. The molecule has 2 rings (SSSR count). The molecule has 0 atom stereocenters. The van der Waals surface area contributed by atoms with Crippen LogP contribution in [-0.2, 0) is 14.8 Å².